The Balaban J connectivity index is 1.93. The molecule has 0 aromatic heterocycles. The number of hydrogen-bond donors (Lipinski definition) is 0. The summed E-state index contributed by atoms with van der Waals surface area (Å²) in [5.74, 6) is 3.26. The highest BCUT2D eigenvalue weighted by Crippen LogP contribution is 2.40. The molecular formula is C24H20BNO2. The molecule has 0 saturated carbocycles. The third kappa shape index (κ3) is 2.11. The predicted octanol–water partition coefficient (Wildman–Crippen LogP) is 3.83. The number of rotatable bonds is 0. The zero-order valence-corrected chi connectivity index (χ0v) is 16.7. The van der Waals surface area contributed by atoms with Crippen LogP contribution in [0.15, 0.2) is 30.3 Å². The summed E-state index contributed by atoms with van der Waals surface area (Å²) in [5, 5.41) is 9.75. The van der Waals surface area contributed by atoms with Gasteiger partial charge in [0.15, 0.2) is 0 Å². The van der Waals surface area contributed by atoms with E-state index in [0.29, 0.717) is 5.56 Å². The van der Waals surface area contributed by atoms with Crippen LogP contribution in [-0.4, -0.2) is 6.71 Å². The quantitative estimate of drug-likeness (QED) is 0.392. The summed E-state index contributed by atoms with van der Waals surface area (Å²) in [4.78, 5) is 0. The van der Waals surface area contributed by atoms with E-state index in [1.54, 1.807) is 0 Å². The van der Waals surface area contributed by atoms with Crippen LogP contribution in [0, 0.1) is 45.9 Å². The first-order chi connectivity index (χ1) is 13.4. The Hall–Kier alpha value is -3.19. The number of aryl methyl sites for hydroxylation is 3. The summed E-state index contributed by atoms with van der Waals surface area (Å²) in [6.07, 6.45) is 0. The third-order valence-corrected chi connectivity index (χ3v) is 6.16. The molecule has 136 valence electrons. The minimum absolute atomic E-state index is 0.0434. The molecule has 0 bridgehead atoms. The van der Waals surface area contributed by atoms with Gasteiger partial charge >= 0.3 is 0 Å². The van der Waals surface area contributed by atoms with Crippen LogP contribution in [0.5, 0.6) is 23.0 Å². The monoisotopic (exact) mass is 365 g/mol. The zero-order valence-electron chi connectivity index (χ0n) is 16.7. The molecule has 0 N–H and O–H groups in total. The van der Waals surface area contributed by atoms with Crippen molar-refractivity contribution >= 4 is 23.1 Å². The van der Waals surface area contributed by atoms with E-state index in [0.717, 1.165) is 50.5 Å². The van der Waals surface area contributed by atoms with Crippen molar-refractivity contribution in [2.45, 2.75) is 34.6 Å². The number of ether oxygens (including phenoxy) is 2. The molecule has 3 aromatic carbocycles. The summed E-state index contributed by atoms with van der Waals surface area (Å²) in [6.45, 7) is 10.3. The molecule has 2 aliphatic heterocycles. The standard InChI is InChI=1S/C24H20BNO2/c1-12-6-7-20-18(8-12)25-19-9-13(2)14(3)10-21(19)28-24-16(5)17(11-26)15(4)23(27-20)22(24)25/h6-10H,1-5H3. The molecule has 0 saturated heterocycles. The number of fused-ring (bicyclic) bond motifs is 4. The zero-order chi connectivity index (χ0) is 19.7. The average Bonchev–Trinajstić information content (AvgIpc) is 2.67. The lowest BCUT2D eigenvalue weighted by molar-refractivity contribution is 0.459. The molecule has 0 fully saturated rings. The van der Waals surface area contributed by atoms with Crippen LogP contribution >= 0.6 is 0 Å². The maximum Gasteiger partial charge on any atom is 0.260 e. The highest BCUT2D eigenvalue weighted by atomic mass is 16.5. The molecule has 3 nitrogen and oxygen atoms in total. The normalized spacial score (nSPS) is 12.9. The van der Waals surface area contributed by atoms with Crippen molar-refractivity contribution in [1.82, 2.24) is 0 Å². The first-order valence-corrected chi connectivity index (χ1v) is 9.55. The van der Waals surface area contributed by atoms with Crippen molar-refractivity contribution in [2.75, 3.05) is 0 Å². The van der Waals surface area contributed by atoms with Crippen LogP contribution < -0.4 is 25.9 Å². The molecule has 28 heavy (non-hydrogen) atoms. The van der Waals surface area contributed by atoms with E-state index in [1.165, 1.54) is 16.7 Å². The van der Waals surface area contributed by atoms with E-state index in [2.05, 4.69) is 51.1 Å². The van der Waals surface area contributed by atoms with Crippen molar-refractivity contribution in [3.8, 4) is 29.1 Å². The summed E-state index contributed by atoms with van der Waals surface area (Å²) >= 11 is 0. The van der Waals surface area contributed by atoms with E-state index in [4.69, 9.17) is 9.47 Å². The maximum atomic E-state index is 9.75. The molecule has 2 heterocycles. The van der Waals surface area contributed by atoms with Gasteiger partial charge < -0.3 is 9.47 Å². The van der Waals surface area contributed by atoms with Gasteiger partial charge in [-0.2, -0.15) is 5.26 Å². The van der Waals surface area contributed by atoms with Gasteiger partial charge in [-0.15, -0.1) is 0 Å². The molecule has 0 atom stereocenters. The van der Waals surface area contributed by atoms with Crippen LogP contribution in [0.2, 0.25) is 0 Å². The molecule has 0 radical (unpaired) electrons. The summed E-state index contributed by atoms with van der Waals surface area (Å²) in [5.41, 5.74) is 9.41. The molecule has 0 spiro atoms. The van der Waals surface area contributed by atoms with Crippen molar-refractivity contribution in [3.63, 3.8) is 0 Å². The Morgan fingerprint density at radius 2 is 1.39 bits per heavy atom. The van der Waals surface area contributed by atoms with Crippen LogP contribution in [0.1, 0.15) is 33.4 Å². The first-order valence-electron chi connectivity index (χ1n) is 9.55. The second-order valence-corrected chi connectivity index (χ2v) is 7.96. The van der Waals surface area contributed by atoms with Gasteiger partial charge in [-0.05, 0) is 68.8 Å². The van der Waals surface area contributed by atoms with E-state index >= 15 is 0 Å². The number of hydrogen-bond acceptors (Lipinski definition) is 3. The summed E-state index contributed by atoms with van der Waals surface area (Å²) < 4.78 is 12.7. The van der Waals surface area contributed by atoms with E-state index < -0.39 is 0 Å². The van der Waals surface area contributed by atoms with Gasteiger partial charge in [0.2, 0.25) is 0 Å². The Kier molecular flexibility index (Phi) is 3.42. The number of nitrogens with zero attached hydrogens (tertiary/aromatic N) is 1. The van der Waals surface area contributed by atoms with Crippen LogP contribution in [-0.2, 0) is 0 Å². The molecule has 0 unspecified atom stereocenters. The van der Waals surface area contributed by atoms with Gasteiger partial charge in [0, 0.05) is 16.6 Å². The Bertz CT molecular complexity index is 1240. The summed E-state index contributed by atoms with van der Waals surface area (Å²) in [7, 11) is 0. The molecule has 0 aliphatic carbocycles. The lowest BCUT2D eigenvalue weighted by Crippen LogP contribution is -2.58. The van der Waals surface area contributed by atoms with Crippen molar-refractivity contribution in [1.29, 1.82) is 5.26 Å². The Morgan fingerprint density at radius 3 is 2.07 bits per heavy atom. The van der Waals surface area contributed by atoms with Gasteiger partial charge in [-0.25, -0.2) is 0 Å². The van der Waals surface area contributed by atoms with Gasteiger partial charge in [-0.1, -0.05) is 23.8 Å². The second-order valence-electron chi connectivity index (χ2n) is 7.96. The van der Waals surface area contributed by atoms with Gasteiger partial charge in [-0.3, -0.25) is 0 Å². The lowest BCUT2D eigenvalue weighted by Gasteiger charge is -2.35. The van der Waals surface area contributed by atoms with Crippen LogP contribution in [0.3, 0.4) is 0 Å². The number of benzene rings is 3. The minimum Gasteiger partial charge on any atom is -0.458 e. The van der Waals surface area contributed by atoms with Crippen molar-refractivity contribution < 1.29 is 9.47 Å². The van der Waals surface area contributed by atoms with Gasteiger partial charge in [0.1, 0.15) is 23.0 Å². The first kappa shape index (κ1) is 17.0. The molecule has 4 heteroatoms. The van der Waals surface area contributed by atoms with Crippen LogP contribution in [0.4, 0.5) is 0 Å². The SMILES string of the molecule is Cc1ccc2c(c1)B1c3cc(C)c(C)cc3Oc3c(C)c(C#N)c(C)c(c31)O2. The predicted molar refractivity (Wildman–Crippen MR) is 113 cm³/mol. The smallest absolute Gasteiger partial charge is 0.260 e. The van der Waals surface area contributed by atoms with Crippen molar-refractivity contribution in [2.24, 2.45) is 0 Å². The van der Waals surface area contributed by atoms with Crippen molar-refractivity contribution in [3.05, 3.63) is 63.7 Å². The molecule has 0 amide bonds. The summed E-state index contributed by atoms with van der Waals surface area (Å²) in [6, 6.07) is 13.0. The maximum absolute atomic E-state index is 9.75. The highest BCUT2D eigenvalue weighted by molar-refractivity contribution is 6.98. The molecule has 2 aliphatic rings. The Labute approximate surface area is 165 Å². The average molecular weight is 365 g/mol. The third-order valence-electron chi connectivity index (χ3n) is 6.16. The Morgan fingerprint density at radius 1 is 0.786 bits per heavy atom. The number of nitriles is 1. The molecule has 5 rings (SSSR count). The largest absolute Gasteiger partial charge is 0.458 e. The molecule has 3 aromatic rings. The topological polar surface area (TPSA) is 42.2 Å². The van der Waals surface area contributed by atoms with E-state index in [9.17, 15) is 5.26 Å². The van der Waals surface area contributed by atoms with Gasteiger partial charge in [0.25, 0.3) is 6.71 Å². The fourth-order valence-corrected chi connectivity index (χ4v) is 4.52. The fraction of sp³-hybridized carbons (Fsp3) is 0.208. The minimum atomic E-state index is 0.0434. The second kappa shape index (κ2) is 5.66. The highest BCUT2D eigenvalue weighted by Gasteiger charge is 2.42. The van der Waals surface area contributed by atoms with E-state index in [1.807, 2.05) is 19.9 Å². The molecular weight excluding hydrogens is 345 g/mol. The van der Waals surface area contributed by atoms with Gasteiger partial charge in [0.05, 0.1) is 11.6 Å². The lowest BCUT2D eigenvalue weighted by atomic mass is 9.34. The fourth-order valence-electron chi connectivity index (χ4n) is 4.52. The van der Waals surface area contributed by atoms with Crippen LogP contribution in [0.25, 0.3) is 0 Å². The van der Waals surface area contributed by atoms with E-state index in [-0.39, 0.29) is 6.71 Å².